The van der Waals surface area contributed by atoms with Gasteiger partial charge in [-0.2, -0.15) is 0 Å². The van der Waals surface area contributed by atoms with Crippen molar-refractivity contribution in [2.24, 2.45) is 5.41 Å². The second-order valence-electron chi connectivity index (χ2n) is 5.61. The summed E-state index contributed by atoms with van der Waals surface area (Å²) in [6.07, 6.45) is 2.33. The lowest BCUT2D eigenvalue weighted by Crippen LogP contribution is -2.19. The van der Waals surface area contributed by atoms with Crippen molar-refractivity contribution in [3.8, 4) is 0 Å². The molecule has 0 aromatic heterocycles. The second-order valence-corrected chi connectivity index (χ2v) is 6.88. The Labute approximate surface area is 118 Å². The number of nitrogens with one attached hydrogen (secondary N) is 1. The van der Waals surface area contributed by atoms with Crippen LogP contribution in [0, 0.1) is 5.41 Å². The van der Waals surface area contributed by atoms with Gasteiger partial charge >= 0.3 is 0 Å². The van der Waals surface area contributed by atoms with Crippen molar-refractivity contribution in [1.82, 2.24) is 5.32 Å². The van der Waals surface area contributed by atoms with Crippen LogP contribution >= 0.6 is 27.5 Å². The highest BCUT2D eigenvalue weighted by molar-refractivity contribution is 9.10. The van der Waals surface area contributed by atoms with E-state index in [1.807, 2.05) is 13.1 Å². The molecule has 1 unspecified atom stereocenters. The van der Waals surface area contributed by atoms with Crippen molar-refractivity contribution in [3.63, 3.8) is 0 Å². The fourth-order valence-electron chi connectivity index (χ4n) is 1.78. The van der Waals surface area contributed by atoms with Gasteiger partial charge in [-0.3, -0.25) is 0 Å². The molecule has 1 N–H and O–H groups in total. The van der Waals surface area contributed by atoms with Crippen molar-refractivity contribution >= 4 is 27.5 Å². The molecule has 0 radical (unpaired) electrons. The first-order valence-corrected chi connectivity index (χ1v) is 7.13. The molecule has 1 nitrogen and oxygen atoms in total. The van der Waals surface area contributed by atoms with E-state index in [4.69, 9.17) is 11.6 Å². The maximum absolute atomic E-state index is 6.01. The molecule has 0 fully saturated rings. The summed E-state index contributed by atoms with van der Waals surface area (Å²) in [5.74, 6) is 0. The summed E-state index contributed by atoms with van der Waals surface area (Å²) in [4.78, 5) is 0. The maximum atomic E-state index is 6.01. The molecule has 0 aliphatic carbocycles. The quantitative estimate of drug-likeness (QED) is 0.805. The van der Waals surface area contributed by atoms with Crippen LogP contribution in [0.4, 0.5) is 0 Å². The summed E-state index contributed by atoms with van der Waals surface area (Å²) in [5, 5.41) is 4.14. The van der Waals surface area contributed by atoms with Crippen molar-refractivity contribution in [3.05, 3.63) is 33.3 Å². The lowest BCUT2D eigenvalue weighted by Gasteiger charge is -2.23. The Morgan fingerprint density at radius 1 is 1.35 bits per heavy atom. The molecule has 1 rings (SSSR count). The van der Waals surface area contributed by atoms with Crippen LogP contribution in [-0.2, 0) is 0 Å². The molecular formula is C14H21BrClN. The molecule has 0 aliphatic rings. The third-order valence-corrected chi connectivity index (χ3v) is 4.09. The van der Waals surface area contributed by atoms with Crippen LogP contribution in [0.3, 0.4) is 0 Å². The Morgan fingerprint density at radius 3 is 2.47 bits per heavy atom. The Kier molecular flexibility index (Phi) is 5.49. The predicted molar refractivity (Wildman–Crippen MR) is 79.6 cm³/mol. The standard InChI is InChI=1S/C14H21BrClN/c1-14(2,3)8-7-13(17-4)10-5-6-12(16)11(15)9-10/h5-6,9,13,17H,7-8H2,1-4H3. The summed E-state index contributed by atoms with van der Waals surface area (Å²) in [6, 6.07) is 6.54. The van der Waals surface area contributed by atoms with Gasteiger partial charge in [-0.15, -0.1) is 0 Å². The molecular weight excluding hydrogens is 298 g/mol. The summed E-state index contributed by atoms with van der Waals surface area (Å²) in [6.45, 7) is 6.83. The van der Waals surface area contributed by atoms with Crippen molar-refractivity contribution in [2.75, 3.05) is 7.05 Å². The molecule has 1 aromatic carbocycles. The van der Waals surface area contributed by atoms with Crippen LogP contribution in [-0.4, -0.2) is 7.05 Å². The second kappa shape index (κ2) is 6.21. The Hall–Kier alpha value is -0.0500. The van der Waals surface area contributed by atoms with Gasteiger partial charge in [-0.25, -0.2) is 0 Å². The van der Waals surface area contributed by atoms with Gasteiger partial charge in [0, 0.05) is 10.5 Å². The summed E-state index contributed by atoms with van der Waals surface area (Å²) >= 11 is 9.49. The third kappa shape index (κ3) is 4.99. The topological polar surface area (TPSA) is 12.0 Å². The van der Waals surface area contributed by atoms with Gasteiger partial charge in [0.1, 0.15) is 0 Å². The van der Waals surface area contributed by atoms with Gasteiger partial charge in [0.25, 0.3) is 0 Å². The van der Waals surface area contributed by atoms with Gasteiger partial charge in [0.2, 0.25) is 0 Å². The molecule has 1 aromatic rings. The highest BCUT2D eigenvalue weighted by atomic mass is 79.9. The minimum absolute atomic E-state index is 0.374. The average molecular weight is 319 g/mol. The Morgan fingerprint density at radius 2 is 2.00 bits per heavy atom. The zero-order chi connectivity index (χ0) is 13.1. The average Bonchev–Trinajstić information content (AvgIpc) is 2.22. The summed E-state index contributed by atoms with van der Waals surface area (Å²) in [5.41, 5.74) is 1.66. The molecule has 1 atom stereocenters. The first kappa shape index (κ1) is 15.0. The smallest absolute Gasteiger partial charge is 0.0548 e. The molecule has 0 heterocycles. The Balaban J connectivity index is 2.76. The SMILES string of the molecule is CNC(CCC(C)(C)C)c1ccc(Cl)c(Br)c1. The van der Waals surface area contributed by atoms with E-state index in [-0.39, 0.29) is 0 Å². The van der Waals surface area contributed by atoms with Gasteiger partial charge in [0.15, 0.2) is 0 Å². The predicted octanol–water partition coefficient (Wildman–Crippen LogP) is 5.19. The third-order valence-electron chi connectivity index (χ3n) is 2.88. The molecule has 3 heteroatoms. The molecule has 0 aliphatic heterocycles. The lowest BCUT2D eigenvalue weighted by atomic mass is 9.87. The molecule has 0 saturated heterocycles. The highest BCUT2D eigenvalue weighted by Gasteiger charge is 2.16. The molecule has 0 saturated carbocycles. The van der Waals surface area contributed by atoms with Crippen LogP contribution < -0.4 is 5.32 Å². The van der Waals surface area contributed by atoms with E-state index in [0.717, 1.165) is 15.9 Å². The van der Waals surface area contributed by atoms with Gasteiger partial charge in [0.05, 0.1) is 5.02 Å². The van der Waals surface area contributed by atoms with Crippen LogP contribution in [0.15, 0.2) is 22.7 Å². The molecule has 0 amide bonds. The van der Waals surface area contributed by atoms with Gasteiger partial charge in [-0.05, 0) is 58.9 Å². The largest absolute Gasteiger partial charge is 0.313 e. The fraction of sp³-hybridized carbons (Fsp3) is 0.571. The van der Waals surface area contributed by atoms with Crippen molar-refractivity contribution in [2.45, 2.75) is 39.7 Å². The van der Waals surface area contributed by atoms with Crippen molar-refractivity contribution < 1.29 is 0 Å². The monoisotopic (exact) mass is 317 g/mol. The molecule has 0 spiro atoms. The number of halogens is 2. The van der Waals surface area contributed by atoms with E-state index in [1.54, 1.807) is 0 Å². The minimum Gasteiger partial charge on any atom is -0.313 e. The molecule has 0 bridgehead atoms. The number of benzene rings is 1. The fourth-order valence-corrected chi connectivity index (χ4v) is 2.30. The minimum atomic E-state index is 0.374. The lowest BCUT2D eigenvalue weighted by molar-refractivity contribution is 0.338. The van der Waals surface area contributed by atoms with Crippen LogP contribution in [0.5, 0.6) is 0 Å². The number of hydrogen-bond donors (Lipinski definition) is 1. The van der Waals surface area contributed by atoms with E-state index < -0.39 is 0 Å². The van der Waals surface area contributed by atoms with E-state index in [9.17, 15) is 0 Å². The summed E-state index contributed by atoms with van der Waals surface area (Å²) in [7, 11) is 2.01. The van der Waals surface area contributed by atoms with Crippen LogP contribution in [0.1, 0.15) is 45.2 Å². The van der Waals surface area contributed by atoms with Crippen LogP contribution in [0.2, 0.25) is 5.02 Å². The molecule has 17 heavy (non-hydrogen) atoms. The van der Waals surface area contributed by atoms with E-state index in [0.29, 0.717) is 11.5 Å². The first-order valence-electron chi connectivity index (χ1n) is 5.96. The van der Waals surface area contributed by atoms with E-state index in [1.165, 1.54) is 12.0 Å². The van der Waals surface area contributed by atoms with E-state index in [2.05, 4.69) is 54.2 Å². The number of hydrogen-bond acceptors (Lipinski definition) is 1. The van der Waals surface area contributed by atoms with Gasteiger partial charge in [-0.1, -0.05) is 38.4 Å². The summed E-state index contributed by atoms with van der Waals surface area (Å²) < 4.78 is 0.965. The normalized spacial score (nSPS) is 13.8. The number of rotatable bonds is 4. The zero-order valence-electron chi connectivity index (χ0n) is 11.0. The Bertz CT molecular complexity index is 371. The highest BCUT2D eigenvalue weighted by Crippen LogP contribution is 2.30. The van der Waals surface area contributed by atoms with E-state index >= 15 is 0 Å². The van der Waals surface area contributed by atoms with Gasteiger partial charge < -0.3 is 5.32 Å². The van der Waals surface area contributed by atoms with Crippen molar-refractivity contribution in [1.29, 1.82) is 0 Å². The molecule has 96 valence electrons. The first-order chi connectivity index (χ1) is 7.83. The van der Waals surface area contributed by atoms with Crippen LogP contribution in [0.25, 0.3) is 0 Å². The zero-order valence-corrected chi connectivity index (χ0v) is 13.3. The maximum Gasteiger partial charge on any atom is 0.0548 e.